The Hall–Kier alpha value is -1.68. The molecule has 4 nitrogen and oxygen atoms in total. The van der Waals surface area contributed by atoms with E-state index in [2.05, 4.69) is 4.84 Å². The van der Waals surface area contributed by atoms with Gasteiger partial charge in [-0.1, -0.05) is 6.07 Å². The Morgan fingerprint density at radius 2 is 1.64 bits per heavy atom. The fourth-order valence-corrected chi connectivity index (χ4v) is 3.10. The van der Waals surface area contributed by atoms with E-state index >= 15 is 0 Å². The summed E-state index contributed by atoms with van der Waals surface area (Å²) in [6, 6.07) is 1.72. The summed E-state index contributed by atoms with van der Waals surface area (Å²) in [4.78, 5) is 4.54. The third-order valence-corrected chi connectivity index (χ3v) is 4.67. The van der Waals surface area contributed by atoms with Crippen molar-refractivity contribution in [2.24, 2.45) is 0 Å². The fraction of sp³-hybridized carbons (Fsp3) is 0.333. The Kier molecular flexibility index (Phi) is 3.73. The smallest absolute Gasteiger partial charge is 0.262 e. The van der Waals surface area contributed by atoms with Gasteiger partial charge in [0.1, 0.15) is 22.8 Å². The maximum absolute atomic E-state index is 14.2. The molecule has 0 saturated heterocycles. The molecule has 2 rings (SSSR count). The van der Waals surface area contributed by atoms with Crippen molar-refractivity contribution in [1.82, 2.24) is 5.48 Å². The van der Waals surface area contributed by atoms with Crippen molar-refractivity contribution in [3.05, 3.63) is 46.3 Å². The second kappa shape index (κ2) is 4.92. The molecule has 0 saturated carbocycles. The number of nitrogens with one attached hydrogen (secondary N) is 1. The van der Waals surface area contributed by atoms with Gasteiger partial charge in [-0.25, -0.2) is 21.6 Å². The van der Waals surface area contributed by atoms with Crippen LogP contribution in [0.2, 0.25) is 0 Å². The van der Waals surface area contributed by atoms with Gasteiger partial charge in [0.05, 0.1) is 0 Å². The summed E-state index contributed by atoms with van der Waals surface area (Å²) >= 11 is 0. The predicted octanol–water partition coefficient (Wildman–Crippen LogP) is 2.88. The van der Waals surface area contributed by atoms with Crippen LogP contribution < -0.4 is 5.48 Å². The third-order valence-electron chi connectivity index (χ3n) is 2.99. The van der Waals surface area contributed by atoms with Crippen LogP contribution in [-0.4, -0.2) is 14.0 Å². The standard InChI is InChI=1S/C12H10F5NO3S/c1-11(2)9(15)10(18-21-11)22(19,20)12(16,17)8-6(13)4-3-5-7(8)14/h3-5,18H,1-2H3. The van der Waals surface area contributed by atoms with E-state index in [-0.39, 0.29) is 0 Å². The molecule has 0 spiro atoms. The van der Waals surface area contributed by atoms with Gasteiger partial charge in [-0.2, -0.15) is 8.78 Å². The topological polar surface area (TPSA) is 55.4 Å². The lowest BCUT2D eigenvalue weighted by atomic mass is 10.1. The molecule has 22 heavy (non-hydrogen) atoms. The van der Waals surface area contributed by atoms with Gasteiger partial charge < -0.3 is 0 Å². The van der Waals surface area contributed by atoms with E-state index in [9.17, 15) is 30.4 Å². The molecule has 1 heterocycles. The van der Waals surface area contributed by atoms with Crippen LogP contribution in [0, 0.1) is 11.6 Å². The van der Waals surface area contributed by atoms with Crippen molar-refractivity contribution in [2.45, 2.75) is 24.7 Å². The molecule has 0 aliphatic carbocycles. The molecular formula is C12H10F5NO3S. The van der Waals surface area contributed by atoms with E-state index in [0.29, 0.717) is 12.1 Å². The molecule has 0 amide bonds. The van der Waals surface area contributed by atoms with Crippen LogP contribution in [0.25, 0.3) is 0 Å². The minimum atomic E-state index is -5.80. The van der Waals surface area contributed by atoms with E-state index in [1.165, 1.54) is 0 Å². The minimum Gasteiger partial charge on any atom is -0.262 e. The Bertz CT molecular complexity index is 738. The molecular weight excluding hydrogens is 333 g/mol. The van der Waals surface area contributed by atoms with Gasteiger partial charge >= 0.3 is 5.25 Å². The van der Waals surface area contributed by atoms with Crippen LogP contribution in [-0.2, 0) is 19.9 Å². The quantitative estimate of drug-likeness (QED) is 0.858. The lowest BCUT2D eigenvalue weighted by Crippen LogP contribution is -2.33. The largest absolute Gasteiger partial charge is 0.382 e. The summed E-state index contributed by atoms with van der Waals surface area (Å²) < 4.78 is 93.0. The number of rotatable bonds is 3. The Balaban J connectivity index is 2.66. The van der Waals surface area contributed by atoms with Gasteiger partial charge in [-0.05, 0) is 26.0 Å². The third kappa shape index (κ3) is 2.26. The van der Waals surface area contributed by atoms with Crippen molar-refractivity contribution in [2.75, 3.05) is 0 Å². The van der Waals surface area contributed by atoms with Gasteiger partial charge in [0, 0.05) is 0 Å². The molecule has 122 valence electrons. The number of hydroxylamine groups is 1. The van der Waals surface area contributed by atoms with Crippen molar-refractivity contribution in [3.63, 3.8) is 0 Å². The first-order chi connectivity index (χ1) is 9.93. The average Bonchev–Trinajstić information content (AvgIpc) is 2.64. The molecule has 1 aromatic rings. The maximum atomic E-state index is 14.2. The van der Waals surface area contributed by atoms with Gasteiger partial charge in [0.15, 0.2) is 10.9 Å². The zero-order chi connectivity index (χ0) is 16.9. The zero-order valence-corrected chi connectivity index (χ0v) is 12.1. The van der Waals surface area contributed by atoms with Crippen molar-refractivity contribution < 1.29 is 35.2 Å². The van der Waals surface area contributed by atoms with Gasteiger partial charge in [-0.15, -0.1) is 0 Å². The molecule has 1 N–H and O–H groups in total. The molecule has 1 aromatic carbocycles. The summed E-state index contributed by atoms with van der Waals surface area (Å²) in [7, 11) is -5.80. The Morgan fingerprint density at radius 3 is 2.05 bits per heavy atom. The molecule has 0 radical (unpaired) electrons. The first kappa shape index (κ1) is 16.7. The summed E-state index contributed by atoms with van der Waals surface area (Å²) in [5.41, 5.74) is -2.25. The number of hydrogen-bond acceptors (Lipinski definition) is 4. The number of alkyl halides is 2. The first-order valence-corrected chi connectivity index (χ1v) is 7.32. The highest BCUT2D eigenvalue weighted by atomic mass is 32.2. The number of benzene rings is 1. The lowest BCUT2D eigenvalue weighted by Gasteiger charge is -2.18. The molecule has 10 heteroatoms. The highest BCUT2D eigenvalue weighted by Gasteiger charge is 2.56. The molecule has 0 bridgehead atoms. The Labute approximate surface area is 122 Å². The summed E-state index contributed by atoms with van der Waals surface area (Å²) in [6.45, 7) is 2.17. The SMILES string of the molecule is CC1(C)ONC(S(=O)(=O)C(F)(F)c2c(F)cccc2F)=C1F. The maximum Gasteiger partial charge on any atom is 0.382 e. The van der Waals surface area contributed by atoms with Crippen LogP contribution in [0.15, 0.2) is 29.1 Å². The van der Waals surface area contributed by atoms with E-state index in [4.69, 9.17) is 0 Å². The van der Waals surface area contributed by atoms with Crippen LogP contribution in [0.4, 0.5) is 22.0 Å². The second-order valence-corrected chi connectivity index (χ2v) is 6.90. The summed E-state index contributed by atoms with van der Waals surface area (Å²) in [5, 5.41) is -6.60. The van der Waals surface area contributed by atoms with E-state index < -0.39 is 48.7 Å². The van der Waals surface area contributed by atoms with Crippen LogP contribution in [0.3, 0.4) is 0 Å². The number of halogens is 5. The lowest BCUT2D eigenvalue weighted by molar-refractivity contribution is -0.0275. The molecule has 1 aliphatic rings. The van der Waals surface area contributed by atoms with Gasteiger partial charge in [0.2, 0.25) is 0 Å². The monoisotopic (exact) mass is 343 g/mol. The average molecular weight is 343 g/mol. The number of sulfone groups is 1. The van der Waals surface area contributed by atoms with Crippen LogP contribution in [0.1, 0.15) is 19.4 Å². The van der Waals surface area contributed by atoms with E-state index in [0.717, 1.165) is 19.9 Å². The summed E-state index contributed by atoms with van der Waals surface area (Å²) in [5.74, 6) is -5.07. The fourth-order valence-electron chi connectivity index (χ4n) is 1.75. The predicted molar refractivity (Wildman–Crippen MR) is 65.6 cm³/mol. The minimum absolute atomic E-state index is 0.467. The molecule has 0 fully saturated rings. The first-order valence-electron chi connectivity index (χ1n) is 5.84. The normalized spacial score (nSPS) is 18.5. The van der Waals surface area contributed by atoms with E-state index in [1.807, 2.05) is 0 Å². The molecule has 0 aromatic heterocycles. The molecule has 1 aliphatic heterocycles. The van der Waals surface area contributed by atoms with Crippen LogP contribution in [0.5, 0.6) is 0 Å². The molecule has 0 unspecified atom stereocenters. The van der Waals surface area contributed by atoms with Crippen molar-refractivity contribution >= 4 is 9.84 Å². The van der Waals surface area contributed by atoms with Crippen molar-refractivity contribution in [1.29, 1.82) is 0 Å². The second-order valence-electron chi connectivity index (χ2n) is 4.97. The van der Waals surface area contributed by atoms with Gasteiger partial charge in [0.25, 0.3) is 9.84 Å². The summed E-state index contributed by atoms with van der Waals surface area (Å²) in [6.07, 6.45) is 0. The van der Waals surface area contributed by atoms with E-state index in [1.54, 1.807) is 5.48 Å². The highest BCUT2D eigenvalue weighted by molar-refractivity contribution is 7.95. The zero-order valence-electron chi connectivity index (χ0n) is 11.3. The van der Waals surface area contributed by atoms with Gasteiger partial charge in [-0.3, -0.25) is 10.3 Å². The molecule has 0 atom stereocenters. The van der Waals surface area contributed by atoms with Crippen LogP contribution >= 0.6 is 0 Å². The van der Waals surface area contributed by atoms with Crippen molar-refractivity contribution in [3.8, 4) is 0 Å². The Morgan fingerprint density at radius 1 is 1.14 bits per heavy atom. The highest BCUT2D eigenvalue weighted by Crippen LogP contribution is 2.44. The number of hydrogen-bond donors (Lipinski definition) is 1.